The third-order valence-corrected chi connectivity index (χ3v) is 5.27. The number of anilines is 2. The number of rotatable bonds is 3. The second kappa shape index (κ2) is 7.94. The maximum absolute atomic E-state index is 13.6. The van der Waals surface area contributed by atoms with Crippen LogP contribution in [0.2, 0.25) is 0 Å². The first-order chi connectivity index (χ1) is 14.9. The molecule has 2 aromatic rings. The van der Waals surface area contributed by atoms with Crippen LogP contribution in [0, 0.1) is 0 Å². The van der Waals surface area contributed by atoms with Gasteiger partial charge in [-0.1, -0.05) is 5.16 Å². The topological polar surface area (TPSA) is 89.5 Å². The van der Waals surface area contributed by atoms with E-state index >= 15 is 0 Å². The molecule has 1 fully saturated rings. The Labute approximate surface area is 176 Å². The number of fused-ring (bicyclic) bond motifs is 1. The van der Waals surface area contributed by atoms with E-state index in [1.807, 2.05) is 6.92 Å². The molecule has 2 aliphatic heterocycles. The number of halogens is 6. The summed E-state index contributed by atoms with van der Waals surface area (Å²) in [6, 6.07) is -1.26. The van der Waals surface area contributed by atoms with Crippen molar-refractivity contribution in [1.29, 1.82) is 0 Å². The molecule has 0 aromatic carbocycles. The van der Waals surface area contributed by atoms with Crippen LogP contribution in [0.3, 0.4) is 0 Å². The fourth-order valence-corrected chi connectivity index (χ4v) is 3.76. The molecule has 15 heteroatoms. The van der Waals surface area contributed by atoms with Crippen LogP contribution < -0.4 is 15.4 Å². The van der Waals surface area contributed by atoms with Gasteiger partial charge < -0.3 is 19.1 Å². The van der Waals surface area contributed by atoms with Crippen molar-refractivity contribution in [3.05, 3.63) is 28.1 Å². The van der Waals surface area contributed by atoms with Gasteiger partial charge in [0.25, 0.3) is 11.4 Å². The third kappa shape index (κ3) is 4.25. The Morgan fingerprint density at radius 1 is 1.16 bits per heavy atom. The van der Waals surface area contributed by atoms with Gasteiger partial charge in [-0.15, -0.1) is 0 Å². The molecule has 0 aliphatic carbocycles. The standard InChI is InChI=1S/C17H18F6N6O3/c1-9-8-31-5-4-28(9)11-6-13(30)29-10(16(18,19)20)2-3-27(15(29)24-11)7-12-25-14(26-32-12)17(21,22)23/h6,9-10H,2-5,7-8H2,1H3/t9-,10-/m1/s1. The lowest BCUT2D eigenvalue weighted by Gasteiger charge is -2.38. The number of alkyl halides is 6. The van der Waals surface area contributed by atoms with Crippen molar-refractivity contribution in [1.82, 2.24) is 19.7 Å². The molecule has 9 nitrogen and oxygen atoms in total. The van der Waals surface area contributed by atoms with Crippen molar-refractivity contribution in [2.45, 2.75) is 44.3 Å². The van der Waals surface area contributed by atoms with Gasteiger partial charge in [-0.2, -0.15) is 36.3 Å². The largest absolute Gasteiger partial charge is 0.455 e. The summed E-state index contributed by atoms with van der Waals surface area (Å²) >= 11 is 0. The molecule has 2 aliphatic rings. The number of nitrogens with zero attached hydrogens (tertiary/aromatic N) is 6. The molecule has 4 rings (SSSR count). The van der Waals surface area contributed by atoms with Crippen LogP contribution >= 0.6 is 0 Å². The van der Waals surface area contributed by atoms with Gasteiger partial charge in [0.05, 0.1) is 19.3 Å². The van der Waals surface area contributed by atoms with Gasteiger partial charge in [0, 0.05) is 19.2 Å². The lowest BCUT2D eigenvalue weighted by molar-refractivity contribution is -0.171. The number of hydrogen-bond acceptors (Lipinski definition) is 8. The van der Waals surface area contributed by atoms with Crippen molar-refractivity contribution in [2.24, 2.45) is 0 Å². The van der Waals surface area contributed by atoms with Crippen LogP contribution in [0.4, 0.5) is 38.1 Å². The fraction of sp³-hybridized carbons (Fsp3) is 0.647. The Balaban J connectivity index is 1.74. The van der Waals surface area contributed by atoms with E-state index in [0.717, 1.165) is 6.07 Å². The SMILES string of the molecule is C[C@@H]1COCCN1c1cc(=O)n2c(n1)N(Cc1nc(C(F)(F)F)no1)CC[C@@H]2C(F)(F)F. The molecule has 2 atom stereocenters. The zero-order valence-corrected chi connectivity index (χ0v) is 16.7. The predicted octanol–water partition coefficient (Wildman–Crippen LogP) is 2.38. The van der Waals surface area contributed by atoms with E-state index in [1.165, 1.54) is 4.90 Å². The predicted molar refractivity (Wildman–Crippen MR) is 96.2 cm³/mol. The Bertz CT molecular complexity index is 1040. The summed E-state index contributed by atoms with van der Waals surface area (Å²) in [7, 11) is 0. The molecule has 2 aromatic heterocycles. The minimum atomic E-state index is -4.84. The van der Waals surface area contributed by atoms with E-state index in [0.29, 0.717) is 24.3 Å². The molecule has 4 heterocycles. The highest BCUT2D eigenvalue weighted by molar-refractivity contribution is 5.47. The number of morpholine rings is 1. The van der Waals surface area contributed by atoms with Gasteiger partial charge in [0.15, 0.2) is 0 Å². The first-order valence-electron chi connectivity index (χ1n) is 9.64. The summed E-state index contributed by atoms with van der Waals surface area (Å²) in [5, 5.41) is 2.85. The minimum Gasteiger partial charge on any atom is -0.377 e. The van der Waals surface area contributed by atoms with Crippen LogP contribution in [0.25, 0.3) is 0 Å². The zero-order chi connectivity index (χ0) is 23.3. The normalized spacial score (nSPS) is 22.2. The average molecular weight is 468 g/mol. The van der Waals surface area contributed by atoms with Crippen LogP contribution in [0.15, 0.2) is 15.4 Å². The Hall–Kier alpha value is -2.84. The molecule has 0 saturated carbocycles. The smallest absolute Gasteiger partial charge is 0.377 e. The summed E-state index contributed by atoms with van der Waals surface area (Å²) in [6.45, 7) is 2.20. The van der Waals surface area contributed by atoms with Crippen molar-refractivity contribution >= 4 is 11.8 Å². The van der Waals surface area contributed by atoms with Crippen molar-refractivity contribution < 1.29 is 35.6 Å². The van der Waals surface area contributed by atoms with Gasteiger partial charge >= 0.3 is 12.4 Å². The molecule has 1 saturated heterocycles. The maximum atomic E-state index is 13.6. The Morgan fingerprint density at radius 2 is 1.91 bits per heavy atom. The average Bonchev–Trinajstić information content (AvgIpc) is 3.17. The molecule has 0 radical (unpaired) electrons. The highest BCUT2D eigenvalue weighted by atomic mass is 19.4. The van der Waals surface area contributed by atoms with Gasteiger partial charge in [0.1, 0.15) is 18.4 Å². The quantitative estimate of drug-likeness (QED) is 0.635. The molecule has 0 bridgehead atoms. The van der Waals surface area contributed by atoms with E-state index in [9.17, 15) is 31.1 Å². The van der Waals surface area contributed by atoms with Crippen molar-refractivity contribution in [3.8, 4) is 0 Å². The third-order valence-electron chi connectivity index (χ3n) is 5.27. The Kier molecular flexibility index (Phi) is 5.55. The summed E-state index contributed by atoms with van der Waals surface area (Å²) in [5.74, 6) is -2.13. The summed E-state index contributed by atoms with van der Waals surface area (Å²) in [6.07, 6.45) is -10.0. The second-order valence-electron chi connectivity index (χ2n) is 7.52. The molecule has 176 valence electrons. The van der Waals surface area contributed by atoms with E-state index in [1.54, 1.807) is 4.90 Å². The first kappa shape index (κ1) is 22.4. The van der Waals surface area contributed by atoms with Crippen LogP contribution in [-0.4, -0.2) is 58.2 Å². The van der Waals surface area contributed by atoms with Crippen molar-refractivity contribution in [3.63, 3.8) is 0 Å². The first-order valence-corrected chi connectivity index (χ1v) is 9.64. The lowest BCUT2D eigenvalue weighted by atomic mass is 10.1. The number of aromatic nitrogens is 4. The van der Waals surface area contributed by atoms with Gasteiger partial charge in [-0.3, -0.25) is 9.36 Å². The highest BCUT2D eigenvalue weighted by Crippen LogP contribution is 2.39. The summed E-state index contributed by atoms with van der Waals surface area (Å²) in [4.78, 5) is 23.3. The van der Waals surface area contributed by atoms with Crippen LogP contribution in [-0.2, 0) is 17.5 Å². The molecule has 0 N–H and O–H groups in total. The molecule has 0 spiro atoms. The molecular weight excluding hydrogens is 450 g/mol. The Morgan fingerprint density at radius 3 is 2.53 bits per heavy atom. The van der Waals surface area contributed by atoms with Crippen LogP contribution in [0.5, 0.6) is 0 Å². The van der Waals surface area contributed by atoms with Crippen LogP contribution in [0.1, 0.15) is 31.1 Å². The van der Waals surface area contributed by atoms with Gasteiger partial charge in [0.2, 0.25) is 11.8 Å². The van der Waals surface area contributed by atoms with Gasteiger partial charge in [-0.25, -0.2) is 0 Å². The second-order valence-corrected chi connectivity index (χ2v) is 7.52. The van der Waals surface area contributed by atoms with E-state index < -0.39 is 48.6 Å². The summed E-state index contributed by atoms with van der Waals surface area (Å²) < 4.78 is 89.5. The molecule has 0 unspecified atom stereocenters. The van der Waals surface area contributed by atoms with E-state index in [-0.39, 0.29) is 24.4 Å². The van der Waals surface area contributed by atoms with E-state index in [4.69, 9.17) is 4.74 Å². The van der Waals surface area contributed by atoms with Gasteiger partial charge in [-0.05, 0) is 13.3 Å². The lowest BCUT2D eigenvalue weighted by Crippen LogP contribution is -2.48. The van der Waals surface area contributed by atoms with E-state index in [2.05, 4.69) is 19.6 Å². The molecular formula is C17H18F6N6O3. The summed E-state index contributed by atoms with van der Waals surface area (Å²) in [5.41, 5.74) is -0.919. The number of hydrogen-bond donors (Lipinski definition) is 0. The molecule has 0 amide bonds. The number of ether oxygens (including phenoxy) is 1. The monoisotopic (exact) mass is 468 g/mol. The minimum absolute atomic E-state index is 0.159. The highest BCUT2D eigenvalue weighted by Gasteiger charge is 2.46. The van der Waals surface area contributed by atoms with Crippen molar-refractivity contribution in [2.75, 3.05) is 36.1 Å². The maximum Gasteiger partial charge on any atom is 0.455 e. The molecule has 32 heavy (non-hydrogen) atoms. The fourth-order valence-electron chi connectivity index (χ4n) is 3.76. The zero-order valence-electron chi connectivity index (χ0n) is 16.7.